The zero-order chi connectivity index (χ0) is 18.4. The molecule has 2 aromatic rings. The van der Waals surface area contributed by atoms with E-state index >= 15 is 0 Å². The maximum Gasteiger partial charge on any atom is 0.415 e. The van der Waals surface area contributed by atoms with E-state index in [2.05, 4.69) is 17.1 Å². The van der Waals surface area contributed by atoms with Gasteiger partial charge in [-0.15, -0.1) is 0 Å². The lowest BCUT2D eigenvalue weighted by Gasteiger charge is -2.32. The molecule has 2 N–H and O–H groups in total. The minimum atomic E-state index is -0.602. The van der Waals surface area contributed by atoms with Crippen molar-refractivity contribution < 1.29 is 14.3 Å². The molecule has 0 spiro atoms. The number of aromatic nitrogens is 1. The van der Waals surface area contributed by atoms with Crippen LogP contribution in [0.2, 0.25) is 0 Å². The normalized spacial score (nSPS) is 16.9. The van der Waals surface area contributed by atoms with E-state index in [0.29, 0.717) is 19.0 Å². The van der Waals surface area contributed by atoms with E-state index in [4.69, 9.17) is 10.5 Å². The van der Waals surface area contributed by atoms with E-state index in [-0.39, 0.29) is 11.3 Å². The Morgan fingerprint density at radius 3 is 2.81 bits per heavy atom. The van der Waals surface area contributed by atoms with E-state index in [9.17, 15) is 9.59 Å². The molecular weight excluding hydrogens is 330 g/mol. The molecule has 1 aromatic carbocycles. The standard InChI is InChI=1S/C20H23N3O3/c21-19(24)17-11-18(13-22-12-17)26-20(25)23-10-4-7-16(14-23)9-8-15-5-2-1-3-6-15/h1-3,5-6,11-13,16H,4,7-10,14H2,(H2,21,24). The highest BCUT2D eigenvalue weighted by molar-refractivity contribution is 5.92. The van der Waals surface area contributed by atoms with Crippen molar-refractivity contribution in [2.45, 2.75) is 25.7 Å². The van der Waals surface area contributed by atoms with E-state index in [1.807, 2.05) is 18.2 Å². The molecule has 1 aliphatic rings. The van der Waals surface area contributed by atoms with Crippen molar-refractivity contribution in [1.82, 2.24) is 9.88 Å². The van der Waals surface area contributed by atoms with E-state index in [1.54, 1.807) is 4.90 Å². The number of carbonyl (C=O) groups excluding carboxylic acids is 2. The smallest absolute Gasteiger partial charge is 0.409 e. The zero-order valence-corrected chi connectivity index (χ0v) is 14.6. The van der Waals surface area contributed by atoms with Crippen molar-refractivity contribution in [2.75, 3.05) is 13.1 Å². The third-order valence-corrected chi connectivity index (χ3v) is 4.66. The second kappa shape index (κ2) is 8.47. The molecule has 1 unspecified atom stereocenters. The summed E-state index contributed by atoms with van der Waals surface area (Å²) in [6.45, 7) is 1.37. The molecular formula is C20H23N3O3. The first kappa shape index (κ1) is 17.9. The molecule has 1 aliphatic heterocycles. The lowest BCUT2D eigenvalue weighted by atomic mass is 9.92. The quantitative estimate of drug-likeness (QED) is 0.895. The molecule has 0 aliphatic carbocycles. The third-order valence-electron chi connectivity index (χ3n) is 4.66. The van der Waals surface area contributed by atoms with Crippen molar-refractivity contribution in [2.24, 2.45) is 11.7 Å². The minimum absolute atomic E-state index is 0.217. The first-order valence-electron chi connectivity index (χ1n) is 8.87. The van der Waals surface area contributed by atoms with Crippen LogP contribution in [0.1, 0.15) is 35.2 Å². The largest absolute Gasteiger partial charge is 0.415 e. The number of nitrogens with two attached hydrogens (primary N) is 1. The number of primary amides is 1. The van der Waals surface area contributed by atoms with E-state index in [0.717, 1.165) is 25.7 Å². The number of nitrogens with zero attached hydrogens (tertiary/aromatic N) is 2. The van der Waals surface area contributed by atoms with Crippen LogP contribution >= 0.6 is 0 Å². The number of piperidine rings is 1. The molecule has 6 heteroatoms. The SMILES string of the molecule is NC(=O)c1cncc(OC(=O)N2CCCC(CCc3ccccc3)C2)c1. The fourth-order valence-corrected chi connectivity index (χ4v) is 3.26. The minimum Gasteiger partial charge on any atom is -0.409 e. The maximum absolute atomic E-state index is 12.4. The van der Waals surface area contributed by atoms with Crippen LogP contribution in [0.5, 0.6) is 5.75 Å². The first-order valence-corrected chi connectivity index (χ1v) is 8.87. The maximum atomic E-state index is 12.4. The molecule has 0 radical (unpaired) electrons. The van der Waals surface area contributed by atoms with Crippen LogP contribution < -0.4 is 10.5 Å². The summed E-state index contributed by atoms with van der Waals surface area (Å²) in [4.78, 5) is 29.2. The Morgan fingerprint density at radius 2 is 2.04 bits per heavy atom. The van der Waals surface area contributed by atoms with Crippen molar-refractivity contribution in [3.05, 3.63) is 59.9 Å². The lowest BCUT2D eigenvalue weighted by molar-refractivity contribution is 0.0998. The van der Waals surface area contributed by atoms with Crippen molar-refractivity contribution in [3.63, 3.8) is 0 Å². The van der Waals surface area contributed by atoms with Crippen LogP contribution in [-0.2, 0) is 6.42 Å². The van der Waals surface area contributed by atoms with Gasteiger partial charge in [0.2, 0.25) is 5.91 Å². The van der Waals surface area contributed by atoms with Gasteiger partial charge in [0, 0.05) is 19.3 Å². The molecule has 2 amide bonds. The summed E-state index contributed by atoms with van der Waals surface area (Å²) in [7, 11) is 0. The van der Waals surface area contributed by atoms with Gasteiger partial charge in [0.1, 0.15) is 0 Å². The van der Waals surface area contributed by atoms with Crippen molar-refractivity contribution in [1.29, 1.82) is 0 Å². The van der Waals surface area contributed by atoms with Gasteiger partial charge in [-0.25, -0.2) is 4.79 Å². The number of likely N-dealkylation sites (tertiary alicyclic amines) is 1. The molecule has 6 nitrogen and oxygen atoms in total. The van der Waals surface area contributed by atoms with Gasteiger partial charge in [0.05, 0.1) is 11.8 Å². The Morgan fingerprint density at radius 1 is 1.23 bits per heavy atom. The number of pyridine rings is 1. The van der Waals surface area contributed by atoms with E-state index in [1.165, 1.54) is 24.0 Å². The van der Waals surface area contributed by atoms with Crippen LogP contribution in [0.15, 0.2) is 48.8 Å². The first-order chi connectivity index (χ1) is 12.6. The molecule has 1 fully saturated rings. The lowest BCUT2D eigenvalue weighted by Crippen LogP contribution is -2.41. The molecule has 0 saturated carbocycles. The fraction of sp³-hybridized carbons (Fsp3) is 0.350. The van der Waals surface area contributed by atoms with Gasteiger partial charge in [-0.05, 0) is 43.2 Å². The van der Waals surface area contributed by atoms with Crippen LogP contribution in [-0.4, -0.2) is 35.0 Å². The number of hydrogen-bond donors (Lipinski definition) is 1. The van der Waals surface area contributed by atoms with E-state index < -0.39 is 12.0 Å². The monoisotopic (exact) mass is 353 g/mol. The summed E-state index contributed by atoms with van der Waals surface area (Å²) in [5.74, 6) is 0.0960. The zero-order valence-electron chi connectivity index (χ0n) is 14.6. The predicted octanol–water partition coefficient (Wildman–Crippen LogP) is 3.02. The summed E-state index contributed by atoms with van der Waals surface area (Å²) < 4.78 is 5.37. The Hall–Kier alpha value is -2.89. The number of ether oxygens (including phenoxy) is 1. The number of hydrogen-bond acceptors (Lipinski definition) is 4. The Bertz CT molecular complexity index is 764. The van der Waals surface area contributed by atoms with Crippen molar-refractivity contribution in [3.8, 4) is 5.75 Å². The highest BCUT2D eigenvalue weighted by Crippen LogP contribution is 2.23. The summed E-state index contributed by atoms with van der Waals surface area (Å²) >= 11 is 0. The van der Waals surface area contributed by atoms with Crippen molar-refractivity contribution >= 4 is 12.0 Å². The average Bonchev–Trinajstić information content (AvgIpc) is 2.67. The predicted molar refractivity (Wildman–Crippen MR) is 97.8 cm³/mol. The molecule has 3 rings (SSSR count). The topological polar surface area (TPSA) is 85.5 Å². The summed E-state index contributed by atoms with van der Waals surface area (Å²) in [6, 6.07) is 11.8. The van der Waals surface area contributed by atoms with Crippen LogP contribution in [0.25, 0.3) is 0 Å². The van der Waals surface area contributed by atoms with Gasteiger partial charge in [0.25, 0.3) is 0 Å². The molecule has 1 atom stereocenters. The number of amides is 2. The van der Waals surface area contributed by atoms with Gasteiger partial charge < -0.3 is 15.4 Å². The second-order valence-corrected chi connectivity index (χ2v) is 6.62. The molecule has 26 heavy (non-hydrogen) atoms. The Labute approximate surface area is 153 Å². The summed E-state index contributed by atoms with van der Waals surface area (Å²) in [6.07, 6.45) is 6.49. The Balaban J connectivity index is 1.54. The number of rotatable bonds is 5. The van der Waals surface area contributed by atoms with Crippen LogP contribution in [0.3, 0.4) is 0 Å². The molecule has 136 valence electrons. The molecule has 1 aromatic heterocycles. The number of benzene rings is 1. The average molecular weight is 353 g/mol. The third kappa shape index (κ3) is 4.81. The Kier molecular flexibility index (Phi) is 5.84. The van der Waals surface area contributed by atoms with Crippen LogP contribution in [0, 0.1) is 5.92 Å². The summed E-state index contributed by atoms with van der Waals surface area (Å²) in [5.41, 5.74) is 6.76. The fourth-order valence-electron chi connectivity index (χ4n) is 3.26. The number of carbonyl (C=O) groups is 2. The molecule has 2 heterocycles. The highest BCUT2D eigenvalue weighted by atomic mass is 16.6. The highest BCUT2D eigenvalue weighted by Gasteiger charge is 2.25. The second-order valence-electron chi connectivity index (χ2n) is 6.62. The number of aryl methyl sites for hydroxylation is 1. The van der Waals surface area contributed by atoms with Gasteiger partial charge in [-0.3, -0.25) is 9.78 Å². The van der Waals surface area contributed by atoms with Gasteiger partial charge in [-0.1, -0.05) is 30.3 Å². The molecule has 0 bridgehead atoms. The van der Waals surface area contributed by atoms with Gasteiger partial charge in [0.15, 0.2) is 5.75 Å². The summed E-state index contributed by atoms with van der Waals surface area (Å²) in [5, 5.41) is 0. The van der Waals surface area contributed by atoms with Gasteiger partial charge >= 0.3 is 6.09 Å². The van der Waals surface area contributed by atoms with Crippen LogP contribution in [0.4, 0.5) is 4.79 Å². The molecule has 1 saturated heterocycles. The van der Waals surface area contributed by atoms with Gasteiger partial charge in [-0.2, -0.15) is 0 Å².